The second-order valence-electron chi connectivity index (χ2n) is 11.9. The number of sulfonamides is 1. The minimum atomic E-state index is -3.72. The largest absolute Gasteiger partial charge is 0.350 e. The number of anilines is 1. The van der Waals surface area contributed by atoms with Crippen LogP contribution >= 0.6 is 15.9 Å². The molecule has 7 nitrogen and oxygen atoms in total. The number of nitrogens with one attached hydrogen (secondary N) is 1. The molecule has 4 aromatic rings. The predicted octanol–water partition coefficient (Wildman–Crippen LogP) is 6.45. The number of amides is 2. The molecule has 0 aliphatic carbocycles. The number of nitrogens with zero attached hydrogens (tertiary/aromatic N) is 2. The lowest BCUT2D eigenvalue weighted by atomic mass is 10.00. The van der Waals surface area contributed by atoms with E-state index >= 15 is 0 Å². The molecule has 43 heavy (non-hydrogen) atoms. The first-order valence-electron chi connectivity index (χ1n) is 14.4. The average molecular weight is 663 g/mol. The van der Waals surface area contributed by atoms with Gasteiger partial charge in [0.1, 0.15) is 6.04 Å². The van der Waals surface area contributed by atoms with Crippen molar-refractivity contribution in [2.24, 2.45) is 0 Å². The van der Waals surface area contributed by atoms with Gasteiger partial charge in [0.2, 0.25) is 11.8 Å². The van der Waals surface area contributed by atoms with E-state index in [0.29, 0.717) is 23.4 Å². The molecule has 224 valence electrons. The molecule has 1 heterocycles. The fourth-order valence-corrected chi connectivity index (χ4v) is 7.75. The molecule has 0 spiro atoms. The second-order valence-corrected chi connectivity index (χ2v) is 14.7. The van der Waals surface area contributed by atoms with E-state index in [-0.39, 0.29) is 31.3 Å². The highest BCUT2D eigenvalue weighted by molar-refractivity contribution is 9.10. The Hall–Kier alpha value is -3.69. The number of halogens is 1. The summed E-state index contributed by atoms with van der Waals surface area (Å²) in [7, 11) is -3.72. The highest BCUT2D eigenvalue weighted by Crippen LogP contribution is 2.42. The van der Waals surface area contributed by atoms with E-state index in [9.17, 15) is 18.0 Å². The first-order valence-corrected chi connectivity index (χ1v) is 16.6. The van der Waals surface area contributed by atoms with Crippen LogP contribution in [0, 0.1) is 0 Å². The van der Waals surface area contributed by atoms with E-state index in [1.807, 2.05) is 99.6 Å². The Morgan fingerprint density at radius 1 is 0.907 bits per heavy atom. The van der Waals surface area contributed by atoms with Crippen molar-refractivity contribution in [2.75, 3.05) is 10.8 Å². The van der Waals surface area contributed by atoms with Crippen molar-refractivity contribution in [3.05, 3.63) is 107 Å². The number of carbonyl (C=O) groups excluding carboxylic acids is 2. The van der Waals surface area contributed by atoms with Gasteiger partial charge >= 0.3 is 0 Å². The zero-order chi connectivity index (χ0) is 30.8. The van der Waals surface area contributed by atoms with Gasteiger partial charge in [-0.2, -0.15) is 0 Å². The molecule has 1 aliphatic heterocycles. The monoisotopic (exact) mass is 661 g/mol. The Bertz CT molecular complexity index is 1750. The molecule has 9 heteroatoms. The minimum Gasteiger partial charge on any atom is -0.350 e. The van der Waals surface area contributed by atoms with Crippen LogP contribution in [0.3, 0.4) is 0 Å². The van der Waals surface area contributed by atoms with Crippen LogP contribution in [0.25, 0.3) is 10.8 Å². The topological polar surface area (TPSA) is 86.8 Å². The van der Waals surface area contributed by atoms with Gasteiger partial charge in [-0.25, -0.2) is 8.42 Å². The molecule has 0 radical (unpaired) electrons. The molecular formula is C34H36BrN3O4S. The Morgan fingerprint density at radius 2 is 1.58 bits per heavy atom. The smallest absolute Gasteiger partial charge is 0.265 e. The van der Waals surface area contributed by atoms with Crippen molar-refractivity contribution in [1.82, 2.24) is 10.2 Å². The van der Waals surface area contributed by atoms with Crippen LogP contribution in [-0.4, -0.2) is 43.3 Å². The molecule has 5 rings (SSSR count). The van der Waals surface area contributed by atoms with Gasteiger partial charge in [0, 0.05) is 41.3 Å². The Kier molecular flexibility index (Phi) is 8.94. The van der Waals surface area contributed by atoms with Gasteiger partial charge < -0.3 is 10.2 Å². The fourth-order valence-electron chi connectivity index (χ4n) is 5.56. The Labute approximate surface area is 262 Å². The van der Waals surface area contributed by atoms with Crippen LogP contribution in [-0.2, 0) is 32.6 Å². The third-order valence-corrected chi connectivity index (χ3v) is 9.79. The average Bonchev–Trinajstić information content (AvgIpc) is 3.17. The number of hydrogen-bond acceptors (Lipinski definition) is 4. The van der Waals surface area contributed by atoms with Gasteiger partial charge in [0.05, 0.1) is 10.6 Å². The van der Waals surface area contributed by atoms with E-state index in [1.165, 1.54) is 4.31 Å². The van der Waals surface area contributed by atoms with Crippen molar-refractivity contribution in [1.29, 1.82) is 0 Å². The first-order chi connectivity index (χ1) is 20.4. The minimum absolute atomic E-state index is 0.0838. The molecule has 0 unspecified atom stereocenters. The number of carbonyl (C=O) groups is 2. The normalized spacial score (nSPS) is 14.5. The molecule has 0 fully saturated rings. The molecule has 0 saturated carbocycles. The van der Waals surface area contributed by atoms with Crippen molar-refractivity contribution in [2.45, 2.75) is 63.1 Å². The lowest BCUT2D eigenvalue weighted by Crippen LogP contribution is -2.54. The van der Waals surface area contributed by atoms with Crippen LogP contribution in [0.5, 0.6) is 0 Å². The van der Waals surface area contributed by atoms with Gasteiger partial charge in [-0.05, 0) is 68.0 Å². The van der Waals surface area contributed by atoms with Crippen molar-refractivity contribution < 1.29 is 18.0 Å². The van der Waals surface area contributed by atoms with Crippen LogP contribution in [0.1, 0.15) is 44.7 Å². The van der Waals surface area contributed by atoms with Crippen LogP contribution < -0.4 is 9.62 Å². The number of hydrogen-bond donors (Lipinski definition) is 1. The standard InChI is InChI=1S/C34H36BrN3O4S/c1-34(2,3)36-33(40)29(22-24-11-5-4-6-12-24)37(23-25-13-7-16-27(35)21-25)31(39)19-10-20-38-28-17-8-14-26-15-9-18-30(32(26)28)43(38,41)42/h4-9,11-18,21,29H,10,19-20,22-23H2,1-3H3,(H,36,40)/t29-/m0/s1. The summed E-state index contributed by atoms with van der Waals surface area (Å²) < 4.78 is 29.2. The SMILES string of the molecule is CC(C)(C)NC(=O)[C@H](Cc1ccccc1)N(Cc1cccc(Br)c1)C(=O)CCCN1c2cccc3cccc(c23)S1(=O)=O. The van der Waals surface area contributed by atoms with Gasteiger partial charge in [-0.1, -0.05) is 82.7 Å². The van der Waals surface area contributed by atoms with Gasteiger partial charge in [0.15, 0.2) is 0 Å². The van der Waals surface area contributed by atoms with E-state index in [2.05, 4.69) is 21.2 Å². The second kappa shape index (κ2) is 12.5. The maximum absolute atomic E-state index is 14.0. The zero-order valence-electron chi connectivity index (χ0n) is 24.6. The lowest BCUT2D eigenvalue weighted by molar-refractivity contribution is -0.142. The van der Waals surface area contributed by atoms with Crippen LogP contribution in [0.15, 0.2) is 100 Å². The molecule has 0 saturated heterocycles. The van der Waals surface area contributed by atoms with E-state index in [0.717, 1.165) is 26.4 Å². The van der Waals surface area contributed by atoms with E-state index < -0.39 is 21.6 Å². The van der Waals surface area contributed by atoms with Gasteiger partial charge in [-0.15, -0.1) is 0 Å². The molecule has 1 aliphatic rings. The molecular weight excluding hydrogens is 626 g/mol. The molecule has 0 bridgehead atoms. The van der Waals surface area contributed by atoms with Crippen molar-refractivity contribution >= 4 is 54.2 Å². The summed E-state index contributed by atoms with van der Waals surface area (Å²) in [6.07, 6.45) is 0.733. The Morgan fingerprint density at radius 3 is 2.28 bits per heavy atom. The quantitative estimate of drug-likeness (QED) is 0.212. The summed E-state index contributed by atoms with van der Waals surface area (Å²) in [6.45, 7) is 6.14. The molecule has 1 atom stereocenters. The third-order valence-electron chi connectivity index (χ3n) is 7.44. The number of rotatable bonds is 10. The van der Waals surface area contributed by atoms with E-state index in [4.69, 9.17) is 0 Å². The molecule has 2 amide bonds. The fraction of sp³-hybridized carbons (Fsp3) is 0.294. The molecule has 0 aromatic heterocycles. The summed E-state index contributed by atoms with van der Waals surface area (Å²) in [4.78, 5) is 29.7. The summed E-state index contributed by atoms with van der Waals surface area (Å²) in [5, 5.41) is 4.66. The molecule has 4 aromatic carbocycles. The van der Waals surface area contributed by atoms with Gasteiger partial charge in [0.25, 0.3) is 10.0 Å². The summed E-state index contributed by atoms with van der Waals surface area (Å²) in [5.41, 5.74) is 1.97. The highest BCUT2D eigenvalue weighted by atomic mass is 79.9. The van der Waals surface area contributed by atoms with E-state index in [1.54, 1.807) is 17.0 Å². The highest BCUT2D eigenvalue weighted by Gasteiger charge is 2.36. The van der Waals surface area contributed by atoms with Crippen molar-refractivity contribution in [3.63, 3.8) is 0 Å². The first kappa shape index (κ1) is 30.8. The number of benzene rings is 4. The maximum Gasteiger partial charge on any atom is 0.265 e. The van der Waals surface area contributed by atoms with Gasteiger partial charge in [-0.3, -0.25) is 13.9 Å². The lowest BCUT2D eigenvalue weighted by Gasteiger charge is -2.34. The summed E-state index contributed by atoms with van der Waals surface area (Å²) in [6, 6.07) is 27.4. The van der Waals surface area contributed by atoms with Crippen molar-refractivity contribution in [3.8, 4) is 0 Å². The maximum atomic E-state index is 14.0. The molecule has 1 N–H and O–H groups in total. The Balaban J connectivity index is 1.41. The summed E-state index contributed by atoms with van der Waals surface area (Å²) in [5.74, 6) is -0.443. The summed E-state index contributed by atoms with van der Waals surface area (Å²) >= 11 is 3.52. The zero-order valence-corrected chi connectivity index (χ0v) is 27.0. The van der Waals surface area contributed by atoms with Crippen LogP contribution in [0.2, 0.25) is 0 Å². The van der Waals surface area contributed by atoms with Crippen LogP contribution in [0.4, 0.5) is 5.69 Å². The third kappa shape index (κ3) is 6.94. The predicted molar refractivity (Wildman–Crippen MR) is 174 cm³/mol.